The van der Waals surface area contributed by atoms with Crippen molar-refractivity contribution in [3.05, 3.63) is 83.3 Å². The van der Waals surface area contributed by atoms with E-state index in [1.54, 1.807) is 12.1 Å². The smallest absolute Gasteiger partial charge is 0.145 e. The summed E-state index contributed by atoms with van der Waals surface area (Å²) >= 11 is 0. The summed E-state index contributed by atoms with van der Waals surface area (Å²) in [4.78, 5) is 4.17. The number of para-hydroxylation sites is 1. The molecule has 0 saturated heterocycles. The maximum absolute atomic E-state index is 13.6. The molecule has 0 atom stereocenters. The molecule has 26 heavy (non-hydrogen) atoms. The topological polar surface area (TPSA) is 34.1 Å². The molecule has 0 fully saturated rings. The fourth-order valence-corrected chi connectivity index (χ4v) is 2.49. The highest BCUT2D eigenvalue weighted by molar-refractivity contribution is 5.42. The lowest BCUT2D eigenvalue weighted by molar-refractivity contribution is 0.474. The number of rotatable bonds is 6. The third-order valence-electron chi connectivity index (χ3n) is 3.87. The van der Waals surface area contributed by atoms with Crippen molar-refractivity contribution in [2.24, 2.45) is 0 Å². The number of anilines is 1. The zero-order valence-electron chi connectivity index (χ0n) is 14.1. The first-order valence-electron chi connectivity index (χ1n) is 8.16. The molecule has 0 spiro atoms. The van der Waals surface area contributed by atoms with Crippen molar-refractivity contribution in [2.45, 2.75) is 19.9 Å². The van der Waals surface area contributed by atoms with Gasteiger partial charge in [-0.3, -0.25) is 0 Å². The molecule has 2 aromatic carbocycles. The summed E-state index contributed by atoms with van der Waals surface area (Å²) in [5, 5.41) is 2.81. The Morgan fingerprint density at radius 2 is 1.73 bits per heavy atom. The zero-order valence-corrected chi connectivity index (χ0v) is 14.1. The molecule has 1 aromatic heterocycles. The molecular weight excluding hydrogens is 341 g/mol. The van der Waals surface area contributed by atoms with Gasteiger partial charge in [-0.05, 0) is 30.2 Å². The Balaban J connectivity index is 1.67. The second-order valence-corrected chi connectivity index (χ2v) is 5.64. The quantitative estimate of drug-likeness (QED) is 0.635. The van der Waals surface area contributed by atoms with Crippen LogP contribution in [0.3, 0.4) is 0 Å². The van der Waals surface area contributed by atoms with E-state index >= 15 is 0 Å². The molecule has 1 heterocycles. The van der Waals surface area contributed by atoms with Crippen LogP contribution in [0.1, 0.15) is 18.1 Å². The van der Waals surface area contributed by atoms with Crippen LogP contribution in [-0.4, -0.2) is 4.98 Å². The normalized spacial score (nSPS) is 10.6. The van der Waals surface area contributed by atoms with E-state index in [0.717, 1.165) is 17.7 Å². The zero-order chi connectivity index (χ0) is 18.5. The van der Waals surface area contributed by atoms with Gasteiger partial charge in [-0.2, -0.15) is 0 Å². The molecule has 3 rings (SSSR count). The number of halogens is 3. The fourth-order valence-electron chi connectivity index (χ4n) is 2.49. The second kappa shape index (κ2) is 7.91. The van der Waals surface area contributed by atoms with E-state index in [2.05, 4.69) is 10.3 Å². The molecule has 3 nitrogen and oxygen atoms in total. The van der Waals surface area contributed by atoms with Crippen LogP contribution < -0.4 is 10.1 Å². The molecule has 0 aliphatic heterocycles. The number of aromatic nitrogens is 1. The van der Waals surface area contributed by atoms with Gasteiger partial charge < -0.3 is 10.1 Å². The lowest BCUT2D eigenvalue weighted by atomic mass is 10.1. The number of nitrogens with one attached hydrogen (secondary N) is 1. The van der Waals surface area contributed by atoms with Gasteiger partial charge >= 0.3 is 0 Å². The Hall–Kier alpha value is -3.02. The monoisotopic (exact) mass is 358 g/mol. The van der Waals surface area contributed by atoms with Gasteiger partial charge in [0.05, 0.1) is 6.20 Å². The van der Waals surface area contributed by atoms with Gasteiger partial charge in [-0.25, -0.2) is 18.2 Å². The largest absolute Gasteiger partial charge is 0.455 e. The van der Waals surface area contributed by atoms with Crippen molar-refractivity contribution in [2.75, 3.05) is 5.32 Å². The first kappa shape index (κ1) is 17.8. The van der Waals surface area contributed by atoms with Crippen LogP contribution in [0.15, 0.2) is 54.7 Å². The first-order valence-corrected chi connectivity index (χ1v) is 8.16. The summed E-state index contributed by atoms with van der Waals surface area (Å²) < 4.78 is 46.0. The lowest BCUT2D eigenvalue weighted by Gasteiger charge is -2.11. The number of aryl methyl sites for hydroxylation is 1. The number of pyridine rings is 1. The summed E-state index contributed by atoms with van der Waals surface area (Å²) in [5.74, 6) is -1.10. The fraction of sp³-hybridized carbons (Fsp3) is 0.150. The first-order chi connectivity index (χ1) is 12.6. The molecule has 0 radical (unpaired) electrons. The van der Waals surface area contributed by atoms with E-state index in [4.69, 9.17) is 4.74 Å². The minimum atomic E-state index is -0.948. The molecule has 0 unspecified atom stereocenters. The van der Waals surface area contributed by atoms with E-state index in [9.17, 15) is 13.2 Å². The Kier molecular flexibility index (Phi) is 5.41. The summed E-state index contributed by atoms with van der Waals surface area (Å²) in [5.41, 5.74) is 0.836. The number of benzene rings is 2. The highest BCUT2D eigenvalue weighted by Gasteiger charge is 2.11. The SMILES string of the molecule is CCc1ccccc1Oc1ccc(NCc2c(F)cc(F)cc2F)nc1. The summed E-state index contributed by atoms with van der Waals surface area (Å²) in [6.07, 6.45) is 2.37. The predicted molar refractivity (Wildman–Crippen MR) is 93.8 cm³/mol. The number of nitrogens with zero attached hydrogens (tertiary/aromatic N) is 1. The molecule has 3 aromatic rings. The van der Waals surface area contributed by atoms with Crippen LogP contribution in [0.4, 0.5) is 19.0 Å². The highest BCUT2D eigenvalue weighted by atomic mass is 19.1. The van der Waals surface area contributed by atoms with Crippen molar-refractivity contribution in [3.8, 4) is 11.5 Å². The Morgan fingerprint density at radius 3 is 2.38 bits per heavy atom. The average Bonchev–Trinajstić information content (AvgIpc) is 2.62. The summed E-state index contributed by atoms with van der Waals surface area (Å²) in [6.45, 7) is 1.89. The summed E-state index contributed by atoms with van der Waals surface area (Å²) in [6, 6.07) is 12.4. The lowest BCUT2D eigenvalue weighted by Crippen LogP contribution is -2.06. The van der Waals surface area contributed by atoms with Gasteiger partial charge in [-0.15, -0.1) is 0 Å². The standard InChI is InChI=1S/C20H17F3N2O/c1-2-13-5-3-4-6-19(13)26-15-7-8-20(24-11-15)25-12-16-17(22)9-14(21)10-18(16)23/h3-11H,2,12H2,1H3,(H,24,25). The van der Waals surface area contributed by atoms with Crippen LogP contribution in [-0.2, 0) is 13.0 Å². The molecule has 134 valence electrons. The molecule has 0 aliphatic rings. The molecule has 0 amide bonds. The molecule has 0 saturated carbocycles. The Morgan fingerprint density at radius 1 is 1.00 bits per heavy atom. The summed E-state index contributed by atoms with van der Waals surface area (Å²) in [7, 11) is 0. The van der Waals surface area contributed by atoms with Gasteiger partial charge in [0.2, 0.25) is 0 Å². The highest BCUT2D eigenvalue weighted by Crippen LogP contribution is 2.26. The number of hydrogen-bond donors (Lipinski definition) is 1. The van der Waals surface area contributed by atoms with E-state index in [1.165, 1.54) is 6.20 Å². The van der Waals surface area contributed by atoms with E-state index < -0.39 is 17.5 Å². The number of hydrogen-bond acceptors (Lipinski definition) is 3. The minimum absolute atomic E-state index is 0.149. The predicted octanol–water partition coefficient (Wildman–Crippen LogP) is 5.47. The van der Waals surface area contributed by atoms with Gasteiger partial charge in [0, 0.05) is 24.2 Å². The van der Waals surface area contributed by atoms with Gasteiger partial charge in [0.25, 0.3) is 0 Å². The molecule has 6 heteroatoms. The van der Waals surface area contributed by atoms with E-state index in [1.807, 2.05) is 31.2 Å². The van der Waals surface area contributed by atoms with Crippen LogP contribution in [0, 0.1) is 17.5 Å². The maximum Gasteiger partial charge on any atom is 0.145 e. The van der Waals surface area contributed by atoms with E-state index in [0.29, 0.717) is 23.7 Å². The second-order valence-electron chi connectivity index (χ2n) is 5.64. The van der Waals surface area contributed by atoms with Crippen molar-refractivity contribution in [3.63, 3.8) is 0 Å². The Labute approximate surface area is 149 Å². The third-order valence-corrected chi connectivity index (χ3v) is 3.87. The average molecular weight is 358 g/mol. The van der Waals surface area contributed by atoms with Crippen LogP contribution in [0.5, 0.6) is 11.5 Å². The number of ether oxygens (including phenoxy) is 1. The van der Waals surface area contributed by atoms with Crippen molar-refractivity contribution in [1.82, 2.24) is 4.98 Å². The van der Waals surface area contributed by atoms with Crippen LogP contribution in [0.25, 0.3) is 0 Å². The Bertz CT molecular complexity index is 875. The molecule has 0 bridgehead atoms. The third kappa shape index (κ3) is 4.14. The van der Waals surface area contributed by atoms with Crippen molar-refractivity contribution in [1.29, 1.82) is 0 Å². The van der Waals surface area contributed by atoms with E-state index in [-0.39, 0.29) is 12.1 Å². The minimum Gasteiger partial charge on any atom is -0.455 e. The van der Waals surface area contributed by atoms with Gasteiger partial charge in [-0.1, -0.05) is 25.1 Å². The van der Waals surface area contributed by atoms with Crippen molar-refractivity contribution < 1.29 is 17.9 Å². The van der Waals surface area contributed by atoms with Crippen LogP contribution in [0.2, 0.25) is 0 Å². The van der Waals surface area contributed by atoms with Crippen LogP contribution >= 0.6 is 0 Å². The van der Waals surface area contributed by atoms with Crippen molar-refractivity contribution >= 4 is 5.82 Å². The van der Waals surface area contributed by atoms with Gasteiger partial charge in [0.15, 0.2) is 0 Å². The van der Waals surface area contributed by atoms with Gasteiger partial charge in [0.1, 0.15) is 34.8 Å². The maximum atomic E-state index is 13.6. The molecule has 0 aliphatic carbocycles. The molecular formula is C20H17F3N2O. The molecule has 1 N–H and O–H groups in total.